The minimum atomic E-state index is -0.287. The summed E-state index contributed by atoms with van der Waals surface area (Å²) in [5, 5.41) is 6.69. The fourth-order valence-corrected chi connectivity index (χ4v) is 3.61. The lowest BCUT2D eigenvalue weighted by Gasteiger charge is -2.29. The molecule has 23 heavy (non-hydrogen) atoms. The highest BCUT2D eigenvalue weighted by Crippen LogP contribution is 2.39. The average Bonchev–Trinajstić information content (AvgIpc) is 3.01. The highest BCUT2D eigenvalue weighted by atomic mass is 32.2. The van der Waals surface area contributed by atoms with Crippen molar-refractivity contribution < 1.29 is 4.79 Å². The summed E-state index contributed by atoms with van der Waals surface area (Å²) in [6, 6.07) is 0. The minimum absolute atomic E-state index is 0.231. The maximum Gasteiger partial charge on any atom is 0.230 e. The van der Waals surface area contributed by atoms with Gasteiger partial charge in [-0.05, 0) is 44.6 Å². The van der Waals surface area contributed by atoms with Crippen molar-refractivity contribution in [3.05, 3.63) is 0 Å². The van der Waals surface area contributed by atoms with E-state index in [1.54, 1.807) is 4.90 Å². The van der Waals surface area contributed by atoms with Crippen LogP contribution in [0.25, 0.3) is 0 Å². The maximum atomic E-state index is 12.6. The Morgan fingerprint density at radius 2 is 1.91 bits per heavy atom. The van der Waals surface area contributed by atoms with E-state index in [9.17, 15) is 4.79 Å². The molecule has 6 heteroatoms. The number of nitrogens with zero attached hydrogens (tertiary/aromatic N) is 2. The lowest BCUT2D eigenvalue weighted by atomic mass is 9.85. The smallest absolute Gasteiger partial charge is 0.230 e. The summed E-state index contributed by atoms with van der Waals surface area (Å²) in [6.07, 6.45) is 8.69. The normalized spacial score (nSPS) is 17.1. The van der Waals surface area contributed by atoms with Gasteiger partial charge < -0.3 is 15.5 Å². The molecule has 0 aromatic carbocycles. The van der Waals surface area contributed by atoms with E-state index >= 15 is 0 Å². The van der Waals surface area contributed by atoms with Gasteiger partial charge in [0, 0.05) is 27.2 Å². The zero-order valence-electron chi connectivity index (χ0n) is 15.3. The van der Waals surface area contributed by atoms with Crippen LogP contribution in [0.1, 0.15) is 45.4 Å². The highest BCUT2D eigenvalue weighted by Gasteiger charge is 2.41. The van der Waals surface area contributed by atoms with E-state index in [1.807, 2.05) is 25.9 Å². The Labute approximate surface area is 146 Å². The summed E-state index contributed by atoms with van der Waals surface area (Å²) in [7, 11) is 3.70. The first-order chi connectivity index (χ1) is 11.1. The van der Waals surface area contributed by atoms with Gasteiger partial charge in [0.15, 0.2) is 5.96 Å². The quantitative estimate of drug-likeness (QED) is 0.384. The molecule has 0 atom stereocenters. The van der Waals surface area contributed by atoms with Gasteiger partial charge in [0.1, 0.15) is 0 Å². The van der Waals surface area contributed by atoms with Crippen LogP contribution in [0.4, 0.5) is 0 Å². The number of carbonyl (C=O) groups is 1. The van der Waals surface area contributed by atoms with Crippen LogP contribution in [0.2, 0.25) is 0 Å². The van der Waals surface area contributed by atoms with E-state index in [0.29, 0.717) is 6.54 Å². The van der Waals surface area contributed by atoms with Crippen LogP contribution in [0.5, 0.6) is 0 Å². The minimum Gasteiger partial charge on any atom is -0.357 e. The van der Waals surface area contributed by atoms with Crippen LogP contribution >= 0.6 is 11.8 Å². The number of hydrogen-bond donors (Lipinski definition) is 2. The number of hydrogen-bond acceptors (Lipinski definition) is 3. The van der Waals surface area contributed by atoms with E-state index in [1.165, 1.54) is 12.2 Å². The topological polar surface area (TPSA) is 56.7 Å². The molecule has 134 valence electrons. The van der Waals surface area contributed by atoms with Crippen molar-refractivity contribution in [2.75, 3.05) is 45.7 Å². The monoisotopic (exact) mass is 342 g/mol. The number of nitrogens with one attached hydrogen (secondary N) is 2. The van der Waals surface area contributed by atoms with Gasteiger partial charge in [0.05, 0.1) is 12.0 Å². The SMILES string of the molecule is CCNC(=NCC1(C(=O)N(C)C)CCCC1)NCCCCSC. The zero-order chi connectivity index (χ0) is 17.1. The van der Waals surface area contributed by atoms with Crippen LogP contribution in [-0.4, -0.2) is 62.5 Å². The van der Waals surface area contributed by atoms with Crippen molar-refractivity contribution in [3.8, 4) is 0 Å². The molecule has 1 fully saturated rings. The third-order valence-electron chi connectivity index (χ3n) is 4.37. The van der Waals surface area contributed by atoms with Gasteiger partial charge in [-0.2, -0.15) is 11.8 Å². The summed E-state index contributed by atoms with van der Waals surface area (Å²) in [5.74, 6) is 2.28. The molecule has 1 aliphatic carbocycles. The first-order valence-corrected chi connectivity index (χ1v) is 10.2. The number of guanidine groups is 1. The van der Waals surface area contributed by atoms with Crippen molar-refractivity contribution in [3.63, 3.8) is 0 Å². The van der Waals surface area contributed by atoms with E-state index in [4.69, 9.17) is 4.99 Å². The van der Waals surface area contributed by atoms with Crippen molar-refractivity contribution in [1.82, 2.24) is 15.5 Å². The second kappa shape index (κ2) is 10.8. The summed E-state index contributed by atoms with van der Waals surface area (Å²) in [4.78, 5) is 19.0. The second-order valence-electron chi connectivity index (χ2n) is 6.51. The van der Waals surface area contributed by atoms with Crippen LogP contribution in [0.15, 0.2) is 4.99 Å². The Balaban J connectivity index is 2.60. The van der Waals surface area contributed by atoms with E-state index in [0.717, 1.165) is 51.2 Å². The fraction of sp³-hybridized carbons (Fsp3) is 0.882. The molecule has 1 aliphatic rings. The van der Waals surface area contributed by atoms with Crippen molar-refractivity contribution in [2.24, 2.45) is 10.4 Å². The third-order valence-corrected chi connectivity index (χ3v) is 5.07. The Kier molecular flexibility index (Phi) is 9.44. The Bertz CT molecular complexity index is 379. The molecule has 1 amide bonds. The van der Waals surface area contributed by atoms with Crippen molar-refractivity contribution in [1.29, 1.82) is 0 Å². The van der Waals surface area contributed by atoms with Crippen LogP contribution in [0, 0.1) is 5.41 Å². The number of thioether (sulfide) groups is 1. The van der Waals surface area contributed by atoms with Gasteiger partial charge in [0.25, 0.3) is 0 Å². The van der Waals surface area contributed by atoms with Crippen LogP contribution in [0.3, 0.4) is 0 Å². The fourth-order valence-electron chi connectivity index (χ4n) is 3.12. The molecule has 0 heterocycles. The maximum absolute atomic E-state index is 12.6. The summed E-state index contributed by atoms with van der Waals surface area (Å²) >= 11 is 1.89. The average molecular weight is 343 g/mol. The Morgan fingerprint density at radius 3 is 2.48 bits per heavy atom. The predicted octanol–water partition coefficient (Wildman–Crippen LogP) is 2.33. The van der Waals surface area contributed by atoms with Crippen molar-refractivity contribution >= 4 is 23.6 Å². The molecule has 1 rings (SSSR count). The lowest BCUT2D eigenvalue weighted by molar-refractivity contribution is -0.138. The molecule has 0 spiro atoms. The lowest BCUT2D eigenvalue weighted by Crippen LogP contribution is -2.43. The zero-order valence-corrected chi connectivity index (χ0v) is 16.1. The second-order valence-corrected chi connectivity index (χ2v) is 7.49. The standard InChI is InChI=1S/C17H34N4OS/c1-5-18-16(19-12-8-9-13-23-4)20-14-17(10-6-7-11-17)15(22)21(2)3/h5-14H2,1-4H3,(H2,18,19,20). The molecule has 2 N–H and O–H groups in total. The first-order valence-electron chi connectivity index (χ1n) is 8.78. The molecule has 0 aliphatic heterocycles. The van der Waals surface area contributed by atoms with E-state index < -0.39 is 0 Å². The van der Waals surface area contributed by atoms with Gasteiger partial charge in [-0.1, -0.05) is 12.8 Å². The van der Waals surface area contributed by atoms with Crippen molar-refractivity contribution in [2.45, 2.75) is 45.4 Å². The molecule has 0 unspecified atom stereocenters. The van der Waals surface area contributed by atoms with Gasteiger partial charge in [-0.15, -0.1) is 0 Å². The number of rotatable bonds is 9. The highest BCUT2D eigenvalue weighted by molar-refractivity contribution is 7.98. The van der Waals surface area contributed by atoms with E-state index in [2.05, 4.69) is 23.8 Å². The Morgan fingerprint density at radius 1 is 1.22 bits per heavy atom. The predicted molar refractivity (Wildman–Crippen MR) is 101 cm³/mol. The third kappa shape index (κ3) is 6.61. The molecule has 5 nitrogen and oxygen atoms in total. The molecule has 1 saturated carbocycles. The molecule has 0 bridgehead atoms. The number of carbonyl (C=O) groups excluding carboxylic acids is 1. The number of unbranched alkanes of at least 4 members (excludes halogenated alkanes) is 1. The first kappa shape index (κ1) is 20.1. The van der Waals surface area contributed by atoms with Crippen LogP contribution < -0.4 is 10.6 Å². The van der Waals surface area contributed by atoms with Gasteiger partial charge in [-0.25, -0.2) is 0 Å². The molecular formula is C17H34N4OS. The summed E-state index contributed by atoms with van der Waals surface area (Å²) in [5.41, 5.74) is -0.287. The number of amides is 1. The van der Waals surface area contributed by atoms with Crippen LogP contribution in [-0.2, 0) is 4.79 Å². The van der Waals surface area contributed by atoms with E-state index in [-0.39, 0.29) is 11.3 Å². The summed E-state index contributed by atoms with van der Waals surface area (Å²) < 4.78 is 0. The molecule has 0 aromatic rings. The Hall–Kier alpha value is -0.910. The molecule has 0 aromatic heterocycles. The largest absolute Gasteiger partial charge is 0.357 e. The molecular weight excluding hydrogens is 308 g/mol. The molecule has 0 radical (unpaired) electrons. The van der Waals surface area contributed by atoms with Gasteiger partial charge in [-0.3, -0.25) is 9.79 Å². The summed E-state index contributed by atoms with van der Waals surface area (Å²) in [6.45, 7) is 4.43. The number of aliphatic imine (C=N–C) groups is 1. The van der Waals surface area contributed by atoms with Gasteiger partial charge >= 0.3 is 0 Å². The molecule has 0 saturated heterocycles. The van der Waals surface area contributed by atoms with Gasteiger partial charge in [0.2, 0.25) is 5.91 Å².